The summed E-state index contributed by atoms with van der Waals surface area (Å²) in [7, 11) is 1.01. The van der Waals surface area contributed by atoms with E-state index in [1.54, 1.807) is 19.2 Å². The number of hydrogen-bond donors (Lipinski definition) is 3. The van der Waals surface area contributed by atoms with Crippen molar-refractivity contribution in [3.05, 3.63) is 12.7 Å². The maximum Gasteiger partial charge on any atom is 0.471 e. The Labute approximate surface area is 176 Å². The van der Waals surface area contributed by atoms with Gasteiger partial charge in [-0.2, -0.15) is 13.2 Å². The van der Waals surface area contributed by atoms with Crippen LogP contribution in [0.1, 0.15) is 20.3 Å². The van der Waals surface area contributed by atoms with Gasteiger partial charge in [0.2, 0.25) is 0 Å². The number of aliphatic hydroxyl groups is 2. The van der Waals surface area contributed by atoms with Crippen LogP contribution in [-0.4, -0.2) is 90.6 Å². The summed E-state index contributed by atoms with van der Waals surface area (Å²) in [6, 6.07) is -1.76. The number of carbonyl (C=O) groups excluding carboxylic acids is 2. The highest BCUT2D eigenvalue weighted by atomic mass is 19.4. The molecule has 178 valence electrons. The van der Waals surface area contributed by atoms with Gasteiger partial charge in [0.1, 0.15) is 18.3 Å². The van der Waals surface area contributed by atoms with Gasteiger partial charge in [-0.25, -0.2) is 4.79 Å². The molecular weight excluding hydrogens is 431 g/mol. The number of halogens is 3. The zero-order valence-electron chi connectivity index (χ0n) is 17.2. The summed E-state index contributed by atoms with van der Waals surface area (Å²) in [6.45, 7) is 6.11. The molecule has 31 heavy (non-hydrogen) atoms. The molecule has 2 rings (SSSR count). The molecule has 0 aromatic rings. The third-order valence-corrected chi connectivity index (χ3v) is 4.81. The number of aliphatic hydroxyl groups excluding tert-OH is 2. The Kier molecular flexibility index (Phi) is 7.72. The first-order chi connectivity index (χ1) is 14.3. The first kappa shape index (κ1) is 25.5. The van der Waals surface area contributed by atoms with Crippen LogP contribution in [0.25, 0.3) is 0 Å². The highest BCUT2D eigenvalue weighted by Crippen LogP contribution is 2.36. The molecule has 2 aliphatic rings. The second-order valence-corrected chi connectivity index (χ2v) is 7.55. The van der Waals surface area contributed by atoms with Crippen LogP contribution in [0.5, 0.6) is 0 Å². The maximum absolute atomic E-state index is 12.8. The van der Waals surface area contributed by atoms with Gasteiger partial charge in [-0.3, -0.25) is 4.79 Å². The van der Waals surface area contributed by atoms with Gasteiger partial charge in [0.25, 0.3) is 5.79 Å². The molecule has 0 aromatic carbocycles. The number of ether oxygens (including phenoxy) is 5. The SMILES string of the molecule is C=CCO[C@]1(C(=O)OC)C[C@H](O)[C@@H](NC(=O)C(F)(F)F)[C@H]([C@H](O)[C@H]2COC(C)(C)O2)O1. The van der Waals surface area contributed by atoms with Crippen LogP contribution in [-0.2, 0) is 33.3 Å². The molecule has 0 bridgehead atoms. The number of hydrogen-bond acceptors (Lipinski definition) is 9. The van der Waals surface area contributed by atoms with E-state index in [-0.39, 0.29) is 13.2 Å². The van der Waals surface area contributed by atoms with E-state index in [1.165, 1.54) is 6.08 Å². The highest BCUT2D eigenvalue weighted by Gasteiger charge is 2.58. The Balaban J connectivity index is 2.40. The maximum atomic E-state index is 12.8. The lowest BCUT2D eigenvalue weighted by Crippen LogP contribution is -2.68. The van der Waals surface area contributed by atoms with Crippen molar-refractivity contribution in [2.24, 2.45) is 0 Å². The van der Waals surface area contributed by atoms with Crippen molar-refractivity contribution in [3.63, 3.8) is 0 Å². The number of rotatable bonds is 7. The molecule has 10 nitrogen and oxygen atoms in total. The normalized spacial score (nSPS) is 34.1. The molecule has 2 fully saturated rings. The number of carbonyl (C=O) groups is 2. The van der Waals surface area contributed by atoms with E-state index in [0.29, 0.717) is 0 Å². The predicted octanol–water partition coefficient (Wildman–Crippen LogP) is -0.232. The van der Waals surface area contributed by atoms with E-state index in [2.05, 4.69) is 11.3 Å². The summed E-state index contributed by atoms with van der Waals surface area (Å²) in [5, 5.41) is 23.0. The van der Waals surface area contributed by atoms with Crippen LogP contribution in [0, 0.1) is 0 Å². The summed E-state index contributed by atoms with van der Waals surface area (Å²) in [5.41, 5.74) is 0. The van der Waals surface area contributed by atoms with Gasteiger partial charge < -0.3 is 39.2 Å². The molecule has 0 aromatic heterocycles. The smallest absolute Gasteiger partial charge is 0.465 e. The van der Waals surface area contributed by atoms with Crippen LogP contribution in [0.3, 0.4) is 0 Å². The summed E-state index contributed by atoms with van der Waals surface area (Å²) in [5.74, 6) is -6.85. The van der Waals surface area contributed by atoms with Crippen LogP contribution in [0.2, 0.25) is 0 Å². The van der Waals surface area contributed by atoms with Gasteiger partial charge in [0, 0.05) is 6.42 Å². The molecule has 0 unspecified atom stereocenters. The van der Waals surface area contributed by atoms with Crippen molar-refractivity contribution >= 4 is 11.9 Å². The number of alkyl halides is 3. The van der Waals surface area contributed by atoms with Crippen molar-refractivity contribution in [2.75, 3.05) is 20.3 Å². The monoisotopic (exact) mass is 457 g/mol. The summed E-state index contributed by atoms with van der Waals surface area (Å²) >= 11 is 0. The van der Waals surface area contributed by atoms with Gasteiger partial charge in [0.15, 0.2) is 5.79 Å². The number of methoxy groups -OCH3 is 1. The zero-order valence-corrected chi connectivity index (χ0v) is 17.2. The topological polar surface area (TPSA) is 133 Å². The molecule has 3 N–H and O–H groups in total. The molecule has 1 amide bonds. The molecule has 0 saturated carbocycles. The Hall–Kier alpha value is -1.77. The number of esters is 1. The highest BCUT2D eigenvalue weighted by molar-refractivity contribution is 5.82. The van der Waals surface area contributed by atoms with Crippen LogP contribution in [0.4, 0.5) is 13.2 Å². The van der Waals surface area contributed by atoms with E-state index in [9.17, 15) is 33.0 Å². The minimum Gasteiger partial charge on any atom is -0.465 e. The van der Waals surface area contributed by atoms with E-state index in [4.69, 9.17) is 18.9 Å². The van der Waals surface area contributed by atoms with Gasteiger partial charge in [-0.05, 0) is 13.8 Å². The zero-order chi connectivity index (χ0) is 23.6. The number of amides is 1. The number of nitrogens with one attached hydrogen (secondary N) is 1. The van der Waals surface area contributed by atoms with E-state index in [1.807, 2.05) is 0 Å². The molecule has 0 radical (unpaired) electrons. The molecule has 0 spiro atoms. The third kappa shape index (κ3) is 5.73. The Morgan fingerprint density at radius 1 is 1.35 bits per heavy atom. The minimum atomic E-state index is -5.26. The first-order valence-electron chi connectivity index (χ1n) is 9.33. The van der Waals surface area contributed by atoms with Gasteiger partial charge >= 0.3 is 18.1 Å². The second kappa shape index (κ2) is 9.38. The fourth-order valence-electron chi connectivity index (χ4n) is 3.38. The Morgan fingerprint density at radius 3 is 2.48 bits per heavy atom. The second-order valence-electron chi connectivity index (χ2n) is 7.55. The largest absolute Gasteiger partial charge is 0.471 e. The average Bonchev–Trinajstić information content (AvgIpc) is 3.05. The van der Waals surface area contributed by atoms with E-state index in [0.717, 1.165) is 7.11 Å². The Morgan fingerprint density at radius 2 is 2.00 bits per heavy atom. The summed E-state index contributed by atoms with van der Waals surface area (Å²) < 4.78 is 64.9. The lowest BCUT2D eigenvalue weighted by atomic mass is 9.88. The summed E-state index contributed by atoms with van der Waals surface area (Å²) in [4.78, 5) is 23.9. The standard InChI is InChI=1S/C18H26F3NO9/c1-5-6-28-17(15(26)27-4)7-9(23)11(22-14(25)18(19,20)21)13(31-17)12(24)10-8-29-16(2,3)30-10/h5,9-13,23-24H,1,6-8H2,2-4H3,(H,22,25)/t9-,10+,11+,12+,13+,17+/m0/s1. The molecular formula is C18H26F3NO9. The van der Waals surface area contributed by atoms with Crippen molar-refractivity contribution in [1.82, 2.24) is 5.32 Å². The van der Waals surface area contributed by atoms with E-state index < -0.39 is 66.5 Å². The molecule has 6 atom stereocenters. The molecule has 13 heteroatoms. The molecule has 2 heterocycles. The lowest BCUT2D eigenvalue weighted by molar-refractivity contribution is -0.310. The molecule has 0 aliphatic carbocycles. The van der Waals surface area contributed by atoms with Crippen LogP contribution < -0.4 is 5.32 Å². The van der Waals surface area contributed by atoms with Crippen LogP contribution in [0.15, 0.2) is 12.7 Å². The van der Waals surface area contributed by atoms with E-state index >= 15 is 0 Å². The van der Waals surface area contributed by atoms with Gasteiger partial charge in [-0.15, -0.1) is 6.58 Å². The third-order valence-electron chi connectivity index (χ3n) is 4.81. The summed E-state index contributed by atoms with van der Waals surface area (Å²) in [6.07, 6.45) is -11.1. The predicted molar refractivity (Wildman–Crippen MR) is 95.3 cm³/mol. The fraction of sp³-hybridized carbons (Fsp3) is 0.778. The quantitative estimate of drug-likeness (QED) is 0.350. The van der Waals surface area contributed by atoms with Crippen molar-refractivity contribution in [2.45, 2.75) is 68.5 Å². The van der Waals surface area contributed by atoms with Gasteiger partial charge in [-0.1, -0.05) is 6.08 Å². The van der Waals surface area contributed by atoms with Crippen molar-refractivity contribution < 1.29 is 56.7 Å². The van der Waals surface area contributed by atoms with Gasteiger partial charge in [0.05, 0.1) is 32.5 Å². The molecule has 2 saturated heterocycles. The average molecular weight is 457 g/mol. The first-order valence-corrected chi connectivity index (χ1v) is 9.33. The lowest BCUT2D eigenvalue weighted by Gasteiger charge is -2.47. The van der Waals surface area contributed by atoms with Crippen molar-refractivity contribution in [1.29, 1.82) is 0 Å². The fourth-order valence-corrected chi connectivity index (χ4v) is 3.38. The van der Waals surface area contributed by atoms with Crippen LogP contribution >= 0.6 is 0 Å². The van der Waals surface area contributed by atoms with Crippen molar-refractivity contribution in [3.8, 4) is 0 Å². The minimum absolute atomic E-state index is 0.164. The molecule has 2 aliphatic heterocycles. The Bertz CT molecular complexity index is 687.